The Labute approximate surface area is 169 Å². The Morgan fingerprint density at radius 3 is 2.29 bits per heavy atom. The maximum absolute atomic E-state index is 12.9. The standard InChI is InChI=1S/C22H23N3O2S/c1-25(2)18-12-10-17(11-13-18)23-21(26)19(15-16-7-4-3-5-8-16)24-22(27)20-9-6-14-28-20/h3-14,19H,15H2,1-2H3,(H,23,26)(H,24,27)/t19-/m1/s1. The molecular weight excluding hydrogens is 370 g/mol. The first-order valence-electron chi connectivity index (χ1n) is 8.99. The molecule has 1 aromatic heterocycles. The predicted octanol–water partition coefficient (Wildman–Crippen LogP) is 3.79. The molecule has 2 aromatic carbocycles. The van der Waals surface area contributed by atoms with E-state index in [1.165, 1.54) is 11.3 Å². The van der Waals surface area contributed by atoms with E-state index in [1.54, 1.807) is 6.07 Å². The van der Waals surface area contributed by atoms with Gasteiger partial charge in [0.15, 0.2) is 0 Å². The fourth-order valence-electron chi connectivity index (χ4n) is 2.77. The largest absolute Gasteiger partial charge is 0.378 e. The molecule has 0 aliphatic heterocycles. The van der Waals surface area contributed by atoms with E-state index < -0.39 is 6.04 Å². The molecule has 5 nitrogen and oxygen atoms in total. The van der Waals surface area contributed by atoms with E-state index in [9.17, 15) is 9.59 Å². The van der Waals surface area contributed by atoms with Crippen molar-refractivity contribution in [3.63, 3.8) is 0 Å². The number of anilines is 2. The summed E-state index contributed by atoms with van der Waals surface area (Å²) < 4.78 is 0. The van der Waals surface area contributed by atoms with E-state index in [4.69, 9.17) is 0 Å². The van der Waals surface area contributed by atoms with Gasteiger partial charge in [0.05, 0.1) is 4.88 Å². The summed E-state index contributed by atoms with van der Waals surface area (Å²) in [6.07, 6.45) is 0.416. The van der Waals surface area contributed by atoms with E-state index >= 15 is 0 Å². The lowest BCUT2D eigenvalue weighted by molar-refractivity contribution is -0.118. The Bertz CT molecular complexity index is 907. The van der Waals surface area contributed by atoms with Crippen LogP contribution < -0.4 is 15.5 Å². The van der Waals surface area contributed by atoms with Gasteiger partial charge in [0.1, 0.15) is 6.04 Å². The van der Waals surface area contributed by atoms with Gasteiger partial charge < -0.3 is 15.5 Å². The first kappa shape index (κ1) is 19.6. The van der Waals surface area contributed by atoms with Crippen LogP contribution in [0.3, 0.4) is 0 Å². The van der Waals surface area contributed by atoms with Crippen molar-refractivity contribution in [3.05, 3.63) is 82.6 Å². The second-order valence-corrected chi connectivity index (χ2v) is 7.57. The molecule has 0 bridgehead atoms. The highest BCUT2D eigenvalue weighted by molar-refractivity contribution is 7.12. The number of nitrogens with zero attached hydrogens (tertiary/aromatic N) is 1. The van der Waals surface area contributed by atoms with Crippen LogP contribution in [-0.4, -0.2) is 32.0 Å². The molecule has 0 aliphatic carbocycles. The summed E-state index contributed by atoms with van der Waals surface area (Å²) in [5, 5.41) is 7.62. The second kappa shape index (κ2) is 9.19. The summed E-state index contributed by atoms with van der Waals surface area (Å²) in [4.78, 5) is 28.0. The lowest BCUT2D eigenvalue weighted by Crippen LogP contribution is -2.45. The molecule has 2 amide bonds. The van der Waals surface area contributed by atoms with Gasteiger partial charge in [-0.3, -0.25) is 9.59 Å². The van der Waals surface area contributed by atoms with Gasteiger partial charge >= 0.3 is 0 Å². The van der Waals surface area contributed by atoms with Gasteiger partial charge in [0, 0.05) is 31.9 Å². The SMILES string of the molecule is CN(C)c1ccc(NC(=O)[C@@H](Cc2ccccc2)NC(=O)c2cccs2)cc1. The lowest BCUT2D eigenvalue weighted by atomic mass is 10.0. The maximum Gasteiger partial charge on any atom is 0.262 e. The third-order valence-corrected chi connectivity index (χ3v) is 5.17. The lowest BCUT2D eigenvalue weighted by Gasteiger charge is -2.19. The molecule has 144 valence electrons. The van der Waals surface area contributed by atoms with Gasteiger partial charge in [-0.1, -0.05) is 36.4 Å². The molecule has 0 radical (unpaired) electrons. The average molecular weight is 394 g/mol. The normalized spacial score (nSPS) is 11.5. The summed E-state index contributed by atoms with van der Waals surface area (Å²) >= 11 is 1.35. The number of carbonyl (C=O) groups excluding carboxylic acids is 2. The Hall–Kier alpha value is -3.12. The molecule has 0 unspecified atom stereocenters. The number of amides is 2. The summed E-state index contributed by atoms with van der Waals surface area (Å²) in [5.41, 5.74) is 2.72. The fraction of sp³-hybridized carbons (Fsp3) is 0.182. The number of rotatable bonds is 7. The van der Waals surface area contributed by atoms with Crippen LogP contribution in [0.15, 0.2) is 72.1 Å². The van der Waals surface area contributed by atoms with Crippen molar-refractivity contribution in [2.45, 2.75) is 12.5 Å². The Kier molecular flexibility index (Phi) is 6.45. The molecule has 3 aromatic rings. The maximum atomic E-state index is 12.9. The third-order valence-electron chi connectivity index (χ3n) is 4.30. The van der Waals surface area contributed by atoms with Crippen molar-refractivity contribution in [3.8, 4) is 0 Å². The molecular formula is C22H23N3O2S. The molecule has 28 heavy (non-hydrogen) atoms. The van der Waals surface area contributed by atoms with Crippen LogP contribution in [0.25, 0.3) is 0 Å². The Balaban J connectivity index is 1.74. The third kappa shape index (κ3) is 5.20. The smallest absolute Gasteiger partial charge is 0.262 e. The van der Waals surface area contributed by atoms with Crippen LogP contribution in [0.5, 0.6) is 0 Å². The molecule has 3 rings (SSSR count). The highest BCUT2D eigenvalue weighted by atomic mass is 32.1. The zero-order valence-electron chi connectivity index (χ0n) is 15.9. The first-order chi connectivity index (χ1) is 13.5. The molecule has 0 saturated carbocycles. The van der Waals surface area contributed by atoms with Crippen LogP contribution in [0, 0.1) is 0 Å². The minimum absolute atomic E-state index is 0.242. The van der Waals surface area contributed by atoms with Crippen molar-refractivity contribution in [1.29, 1.82) is 0 Å². The van der Waals surface area contributed by atoms with Crippen LogP contribution in [0.2, 0.25) is 0 Å². The molecule has 1 heterocycles. The molecule has 2 N–H and O–H groups in total. The highest BCUT2D eigenvalue weighted by Gasteiger charge is 2.22. The number of thiophene rings is 1. The van der Waals surface area contributed by atoms with Crippen molar-refractivity contribution >= 4 is 34.5 Å². The van der Waals surface area contributed by atoms with Crippen molar-refractivity contribution in [2.75, 3.05) is 24.3 Å². The molecule has 1 atom stereocenters. The first-order valence-corrected chi connectivity index (χ1v) is 9.87. The molecule has 6 heteroatoms. The zero-order valence-corrected chi connectivity index (χ0v) is 16.7. The minimum atomic E-state index is -0.675. The minimum Gasteiger partial charge on any atom is -0.378 e. The predicted molar refractivity (Wildman–Crippen MR) is 115 cm³/mol. The van der Waals surface area contributed by atoms with Crippen LogP contribution in [0.1, 0.15) is 15.2 Å². The van der Waals surface area contributed by atoms with E-state index in [0.29, 0.717) is 17.0 Å². The summed E-state index contributed by atoms with van der Waals surface area (Å²) in [6, 6.07) is 20.1. The van der Waals surface area contributed by atoms with Gasteiger partial charge in [-0.15, -0.1) is 11.3 Å². The quantitative estimate of drug-likeness (QED) is 0.642. The molecule has 0 saturated heterocycles. The monoisotopic (exact) mass is 393 g/mol. The van der Waals surface area contributed by atoms with E-state index in [-0.39, 0.29) is 11.8 Å². The fourth-order valence-corrected chi connectivity index (χ4v) is 3.40. The number of benzene rings is 2. The topological polar surface area (TPSA) is 61.4 Å². The van der Waals surface area contributed by atoms with Gasteiger partial charge in [0.25, 0.3) is 5.91 Å². The number of carbonyl (C=O) groups is 2. The van der Waals surface area contributed by atoms with E-state index in [0.717, 1.165) is 11.3 Å². The average Bonchev–Trinajstić information content (AvgIpc) is 3.23. The van der Waals surface area contributed by atoms with Crippen molar-refractivity contribution in [1.82, 2.24) is 5.32 Å². The Morgan fingerprint density at radius 1 is 0.964 bits per heavy atom. The van der Waals surface area contributed by atoms with Gasteiger partial charge in [-0.05, 0) is 41.3 Å². The number of hydrogen-bond acceptors (Lipinski definition) is 4. The zero-order chi connectivity index (χ0) is 19.9. The summed E-state index contributed by atoms with van der Waals surface area (Å²) in [5.74, 6) is -0.486. The van der Waals surface area contributed by atoms with E-state index in [2.05, 4.69) is 10.6 Å². The van der Waals surface area contributed by atoms with Crippen molar-refractivity contribution in [2.24, 2.45) is 0 Å². The number of hydrogen-bond donors (Lipinski definition) is 2. The Morgan fingerprint density at radius 2 is 1.68 bits per heavy atom. The molecule has 0 fully saturated rings. The second-order valence-electron chi connectivity index (χ2n) is 6.62. The number of nitrogens with one attached hydrogen (secondary N) is 2. The molecule has 0 spiro atoms. The molecule has 0 aliphatic rings. The van der Waals surface area contributed by atoms with Crippen LogP contribution in [0.4, 0.5) is 11.4 Å². The van der Waals surface area contributed by atoms with Crippen molar-refractivity contribution < 1.29 is 9.59 Å². The summed E-state index contributed by atoms with van der Waals surface area (Å²) in [7, 11) is 3.92. The van der Waals surface area contributed by atoms with Crippen LogP contribution >= 0.6 is 11.3 Å². The summed E-state index contributed by atoms with van der Waals surface area (Å²) in [6.45, 7) is 0. The van der Waals surface area contributed by atoms with Gasteiger partial charge in [0.2, 0.25) is 5.91 Å². The van der Waals surface area contributed by atoms with E-state index in [1.807, 2.05) is 85.0 Å². The van der Waals surface area contributed by atoms with Crippen LogP contribution in [-0.2, 0) is 11.2 Å². The van der Waals surface area contributed by atoms with Gasteiger partial charge in [-0.2, -0.15) is 0 Å². The van der Waals surface area contributed by atoms with Gasteiger partial charge in [-0.25, -0.2) is 0 Å². The highest BCUT2D eigenvalue weighted by Crippen LogP contribution is 2.17.